The minimum Gasteiger partial charge on any atom is -0.325 e. The first-order valence-corrected chi connectivity index (χ1v) is 10.5. The Balaban J connectivity index is 1.77. The molecule has 6 nitrogen and oxygen atoms in total. The summed E-state index contributed by atoms with van der Waals surface area (Å²) in [6, 6.07) is 16.5. The normalized spacial score (nSPS) is 11.0. The molecule has 4 aromatic rings. The van der Waals surface area contributed by atoms with Crippen LogP contribution in [-0.4, -0.2) is 15.0 Å². The molecule has 152 valence electrons. The molecule has 0 unspecified atom stereocenters. The van der Waals surface area contributed by atoms with Gasteiger partial charge in [0, 0.05) is 5.69 Å². The van der Waals surface area contributed by atoms with Gasteiger partial charge in [0.2, 0.25) is 5.91 Å². The van der Waals surface area contributed by atoms with Crippen LogP contribution in [0.2, 0.25) is 0 Å². The first-order chi connectivity index (χ1) is 14.5. The average molecular weight is 420 g/mol. The Morgan fingerprint density at radius 3 is 2.63 bits per heavy atom. The van der Waals surface area contributed by atoms with Gasteiger partial charge in [-0.15, -0.1) is 11.3 Å². The average Bonchev–Trinajstić information content (AvgIpc) is 3.22. The fourth-order valence-corrected chi connectivity index (χ4v) is 4.27. The lowest BCUT2D eigenvalue weighted by Gasteiger charge is -2.13. The van der Waals surface area contributed by atoms with Crippen LogP contribution in [0.4, 0.5) is 5.69 Å². The van der Waals surface area contributed by atoms with E-state index >= 15 is 0 Å². The maximum Gasteiger partial charge on any atom is 0.336 e. The molecule has 0 spiro atoms. The molecule has 2 aromatic heterocycles. The molecule has 1 amide bonds. The quantitative estimate of drug-likeness (QED) is 0.536. The molecule has 0 aliphatic rings. The monoisotopic (exact) mass is 419 g/mol. The van der Waals surface area contributed by atoms with Crippen molar-refractivity contribution in [3.8, 4) is 5.69 Å². The zero-order chi connectivity index (χ0) is 21.3. The molecule has 0 bridgehead atoms. The molecule has 0 fully saturated rings. The number of aryl methyl sites for hydroxylation is 2. The van der Waals surface area contributed by atoms with Crippen LogP contribution in [0.5, 0.6) is 0 Å². The fraction of sp³-hybridized carbons (Fsp3) is 0.174. The number of fused-ring (bicyclic) bond motifs is 1. The zero-order valence-electron chi connectivity index (χ0n) is 16.7. The van der Waals surface area contributed by atoms with Gasteiger partial charge in [0.05, 0.1) is 11.2 Å². The molecule has 7 heteroatoms. The lowest BCUT2D eigenvalue weighted by Crippen LogP contribution is -2.40. The van der Waals surface area contributed by atoms with E-state index in [1.54, 1.807) is 29.6 Å². The van der Waals surface area contributed by atoms with Gasteiger partial charge in [-0.05, 0) is 60.2 Å². The minimum absolute atomic E-state index is 0.186. The topological polar surface area (TPSA) is 73.1 Å². The number of rotatable bonds is 5. The third-order valence-electron chi connectivity index (χ3n) is 4.94. The number of anilines is 1. The number of hydrogen-bond donors (Lipinski definition) is 1. The van der Waals surface area contributed by atoms with Crippen molar-refractivity contribution in [1.82, 2.24) is 9.13 Å². The molecule has 30 heavy (non-hydrogen) atoms. The maximum atomic E-state index is 13.3. The summed E-state index contributed by atoms with van der Waals surface area (Å²) in [5, 5.41) is 4.60. The van der Waals surface area contributed by atoms with E-state index in [4.69, 9.17) is 0 Å². The Bertz CT molecular complexity index is 1360. The van der Waals surface area contributed by atoms with Gasteiger partial charge in [0.15, 0.2) is 0 Å². The second-order valence-corrected chi connectivity index (χ2v) is 8.00. The van der Waals surface area contributed by atoms with Crippen LogP contribution in [0.1, 0.15) is 18.1 Å². The van der Waals surface area contributed by atoms with Crippen molar-refractivity contribution in [3.63, 3.8) is 0 Å². The minimum atomic E-state index is -0.533. The number of thiophene rings is 1. The van der Waals surface area contributed by atoms with Crippen molar-refractivity contribution >= 4 is 33.1 Å². The van der Waals surface area contributed by atoms with E-state index in [1.165, 1.54) is 15.9 Å². The SMILES string of the molecule is CCc1cccc(NC(=O)Cn2c(=O)n(-c3cccc(C)c3)c(=O)c3sccc32)c1. The van der Waals surface area contributed by atoms with Crippen LogP contribution in [0.3, 0.4) is 0 Å². The van der Waals surface area contributed by atoms with E-state index in [0.717, 1.165) is 22.1 Å². The molecule has 0 atom stereocenters. The number of amides is 1. The highest BCUT2D eigenvalue weighted by Gasteiger charge is 2.17. The standard InChI is InChI=1S/C23H21N3O3S/c1-3-16-7-5-8-17(13-16)24-20(27)14-25-19-10-11-30-21(19)22(28)26(23(25)29)18-9-4-6-15(2)12-18/h4-13H,3,14H2,1-2H3,(H,24,27). The molecule has 2 aromatic carbocycles. The predicted molar refractivity (Wildman–Crippen MR) is 121 cm³/mol. The van der Waals surface area contributed by atoms with Crippen molar-refractivity contribution in [1.29, 1.82) is 0 Å². The second-order valence-electron chi connectivity index (χ2n) is 7.09. The third-order valence-corrected chi connectivity index (χ3v) is 5.83. The summed E-state index contributed by atoms with van der Waals surface area (Å²) >= 11 is 1.26. The van der Waals surface area contributed by atoms with Crippen LogP contribution in [-0.2, 0) is 17.8 Å². The summed E-state index contributed by atoms with van der Waals surface area (Å²) in [5.41, 5.74) is 2.78. The lowest BCUT2D eigenvalue weighted by atomic mass is 10.1. The van der Waals surface area contributed by atoms with E-state index in [1.807, 2.05) is 44.2 Å². The number of nitrogens with zero attached hydrogens (tertiary/aromatic N) is 2. The number of carbonyl (C=O) groups excluding carboxylic acids is 1. The van der Waals surface area contributed by atoms with E-state index < -0.39 is 5.69 Å². The highest BCUT2D eigenvalue weighted by Crippen LogP contribution is 2.17. The fourth-order valence-electron chi connectivity index (χ4n) is 3.45. The van der Waals surface area contributed by atoms with Crippen molar-refractivity contribution in [2.45, 2.75) is 26.8 Å². The molecule has 0 radical (unpaired) electrons. The second kappa shape index (κ2) is 8.12. The van der Waals surface area contributed by atoms with Gasteiger partial charge < -0.3 is 5.32 Å². The first kappa shape index (κ1) is 19.8. The summed E-state index contributed by atoms with van der Waals surface area (Å²) in [5.74, 6) is -0.327. The summed E-state index contributed by atoms with van der Waals surface area (Å²) in [7, 11) is 0. The summed E-state index contributed by atoms with van der Waals surface area (Å²) in [6.45, 7) is 3.76. The van der Waals surface area contributed by atoms with Gasteiger partial charge in [-0.3, -0.25) is 14.2 Å². The number of carbonyl (C=O) groups is 1. The predicted octanol–water partition coefficient (Wildman–Crippen LogP) is 3.72. The van der Waals surface area contributed by atoms with Crippen molar-refractivity contribution < 1.29 is 4.79 Å². The number of benzene rings is 2. The van der Waals surface area contributed by atoms with Crippen molar-refractivity contribution in [2.24, 2.45) is 0 Å². The van der Waals surface area contributed by atoms with E-state index in [9.17, 15) is 14.4 Å². The van der Waals surface area contributed by atoms with Gasteiger partial charge in [-0.25, -0.2) is 9.36 Å². The zero-order valence-corrected chi connectivity index (χ0v) is 17.5. The Morgan fingerprint density at radius 1 is 1.07 bits per heavy atom. The molecule has 4 rings (SSSR count). The van der Waals surface area contributed by atoms with Crippen LogP contribution in [0, 0.1) is 6.92 Å². The van der Waals surface area contributed by atoms with Crippen molar-refractivity contribution in [3.05, 3.63) is 91.9 Å². The third kappa shape index (κ3) is 3.71. The van der Waals surface area contributed by atoms with Crippen LogP contribution < -0.4 is 16.6 Å². The molecule has 0 saturated heterocycles. The molecule has 1 N–H and O–H groups in total. The van der Waals surface area contributed by atoms with Gasteiger partial charge in [0.1, 0.15) is 11.2 Å². The number of aromatic nitrogens is 2. The van der Waals surface area contributed by atoms with Crippen LogP contribution >= 0.6 is 11.3 Å². The molecule has 2 heterocycles. The largest absolute Gasteiger partial charge is 0.336 e. The van der Waals surface area contributed by atoms with E-state index in [-0.39, 0.29) is 18.0 Å². The number of nitrogens with one attached hydrogen (secondary N) is 1. The van der Waals surface area contributed by atoms with Gasteiger partial charge in [-0.2, -0.15) is 0 Å². The highest BCUT2D eigenvalue weighted by molar-refractivity contribution is 7.17. The maximum absolute atomic E-state index is 13.3. The summed E-state index contributed by atoms with van der Waals surface area (Å²) < 4.78 is 2.93. The Hall–Kier alpha value is -3.45. The van der Waals surface area contributed by atoms with Gasteiger partial charge >= 0.3 is 5.69 Å². The summed E-state index contributed by atoms with van der Waals surface area (Å²) in [6.07, 6.45) is 0.861. The van der Waals surface area contributed by atoms with Gasteiger partial charge in [0.25, 0.3) is 5.56 Å². The first-order valence-electron chi connectivity index (χ1n) is 9.67. The Kier molecular flexibility index (Phi) is 5.37. The van der Waals surface area contributed by atoms with Crippen LogP contribution in [0.15, 0.2) is 69.6 Å². The van der Waals surface area contributed by atoms with E-state index in [2.05, 4.69) is 5.32 Å². The smallest absolute Gasteiger partial charge is 0.325 e. The molecule has 0 saturated carbocycles. The molecule has 0 aliphatic heterocycles. The van der Waals surface area contributed by atoms with Crippen molar-refractivity contribution in [2.75, 3.05) is 5.32 Å². The summed E-state index contributed by atoms with van der Waals surface area (Å²) in [4.78, 5) is 39.0. The highest BCUT2D eigenvalue weighted by atomic mass is 32.1. The molecule has 0 aliphatic carbocycles. The van der Waals surface area contributed by atoms with Crippen LogP contribution in [0.25, 0.3) is 15.9 Å². The Morgan fingerprint density at radius 2 is 1.87 bits per heavy atom. The van der Waals surface area contributed by atoms with E-state index in [0.29, 0.717) is 21.6 Å². The Labute approximate surface area is 177 Å². The molecular weight excluding hydrogens is 398 g/mol. The lowest BCUT2D eigenvalue weighted by molar-refractivity contribution is -0.116. The molecular formula is C23H21N3O3S. The van der Waals surface area contributed by atoms with Gasteiger partial charge in [-0.1, -0.05) is 31.2 Å². The number of hydrogen-bond acceptors (Lipinski definition) is 4.